The standard InChI is InChI=1S/C16H10F3N3O4/c17-10-4-9(5-12(6-10)25-15(18)19)13-7-14(26-16(23)24)21-22(13)11-2-1-3-20-8-11/h1-8,15H,(H,23,24). The summed E-state index contributed by atoms with van der Waals surface area (Å²) in [6, 6.07) is 7.48. The molecule has 0 radical (unpaired) electrons. The number of halogens is 3. The Morgan fingerprint density at radius 3 is 2.69 bits per heavy atom. The number of pyridine rings is 1. The highest BCUT2D eigenvalue weighted by Crippen LogP contribution is 2.31. The maximum atomic E-state index is 13.8. The number of benzene rings is 1. The Morgan fingerprint density at radius 2 is 2.04 bits per heavy atom. The maximum absolute atomic E-state index is 13.8. The highest BCUT2D eigenvalue weighted by Gasteiger charge is 2.17. The van der Waals surface area contributed by atoms with Gasteiger partial charge in [-0.3, -0.25) is 4.98 Å². The molecule has 0 saturated heterocycles. The molecule has 0 unspecified atom stereocenters. The van der Waals surface area contributed by atoms with E-state index in [1.165, 1.54) is 29.2 Å². The van der Waals surface area contributed by atoms with Gasteiger partial charge in [0.05, 0.1) is 17.6 Å². The lowest BCUT2D eigenvalue weighted by atomic mass is 10.1. The minimum atomic E-state index is -3.13. The summed E-state index contributed by atoms with van der Waals surface area (Å²) in [5.41, 5.74) is 0.730. The van der Waals surface area contributed by atoms with Crippen LogP contribution in [0.15, 0.2) is 48.8 Å². The summed E-state index contributed by atoms with van der Waals surface area (Å²) in [5.74, 6) is -1.50. The number of ether oxygens (including phenoxy) is 2. The lowest BCUT2D eigenvalue weighted by molar-refractivity contribution is -0.0499. The fourth-order valence-electron chi connectivity index (χ4n) is 2.26. The maximum Gasteiger partial charge on any atom is 0.512 e. The van der Waals surface area contributed by atoms with Gasteiger partial charge in [-0.05, 0) is 24.3 Å². The molecule has 2 aromatic heterocycles. The van der Waals surface area contributed by atoms with Gasteiger partial charge in [-0.25, -0.2) is 13.9 Å². The molecule has 1 aromatic carbocycles. The zero-order valence-electron chi connectivity index (χ0n) is 12.8. The molecule has 26 heavy (non-hydrogen) atoms. The van der Waals surface area contributed by atoms with Crippen LogP contribution in [0.2, 0.25) is 0 Å². The van der Waals surface area contributed by atoms with E-state index in [1.807, 2.05) is 0 Å². The number of alkyl halides is 2. The Morgan fingerprint density at radius 1 is 1.23 bits per heavy atom. The molecule has 0 fully saturated rings. The van der Waals surface area contributed by atoms with Gasteiger partial charge in [0.2, 0.25) is 5.88 Å². The van der Waals surface area contributed by atoms with E-state index in [0.29, 0.717) is 5.69 Å². The summed E-state index contributed by atoms with van der Waals surface area (Å²) in [6.07, 6.45) is 1.35. The Balaban J connectivity index is 2.13. The third kappa shape index (κ3) is 3.91. The summed E-state index contributed by atoms with van der Waals surface area (Å²) in [5, 5.41) is 12.7. The second-order valence-corrected chi connectivity index (χ2v) is 4.91. The van der Waals surface area contributed by atoms with E-state index in [-0.39, 0.29) is 17.1 Å². The molecule has 0 amide bonds. The van der Waals surface area contributed by atoms with Crippen molar-refractivity contribution in [1.29, 1.82) is 0 Å². The van der Waals surface area contributed by atoms with Crippen molar-refractivity contribution >= 4 is 6.16 Å². The second kappa shape index (κ2) is 7.13. The van der Waals surface area contributed by atoms with Crippen LogP contribution < -0.4 is 9.47 Å². The summed E-state index contributed by atoms with van der Waals surface area (Å²) < 4.78 is 48.7. The van der Waals surface area contributed by atoms with Crippen LogP contribution in [0, 0.1) is 5.82 Å². The van der Waals surface area contributed by atoms with Crippen molar-refractivity contribution in [2.75, 3.05) is 0 Å². The average Bonchev–Trinajstić information content (AvgIpc) is 2.97. The van der Waals surface area contributed by atoms with Crippen molar-refractivity contribution in [1.82, 2.24) is 14.8 Å². The van der Waals surface area contributed by atoms with Gasteiger partial charge in [-0.15, -0.1) is 5.10 Å². The highest BCUT2D eigenvalue weighted by atomic mass is 19.3. The van der Waals surface area contributed by atoms with Gasteiger partial charge in [-0.2, -0.15) is 8.78 Å². The van der Waals surface area contributed by atoms with E-state index in [4.69, 9.17) is 5.11 Å². The third-order valence-corrected chi connectivity index (χ3v) is 3.16. The van der Waals surface area contributed by atoms with Gasteiger partial charge in [-0.1, -0.05) is 0 Å². The van der Waals surface area contributed by atoms with Crippen molar-refractivity contribution in [3.63, 3.8) is 0 Å². The van der Waals surface area contributed by atoms with Crippen LogP contribution in [0.4, 0.5) is 18.0 Å². The first-order valence-electron chi connectivity index (χ1n) is 7.09. The summed E-state index contributed by atoms with van der Waals surface area (Å²) >= 11 is 0. The predicted octanol–water partition coefficient (Wildman–Crippen LogP) is 3.73. The molecule has 2 heterocycles. The molecule has 10 heteroatoms. The third-order valence-electron chi connectivity index (χ3n) is 3.16. The lowest BCUT2D eigenvalue weighted by Crippen LogP contribution is -2.05. The van der Waals surface area contributed by atoms with Gasteiger partial charge < -0.3 is 14.6 Å². The quantitative estimate of drug-likeness (QED) is 0.694. The predicted molar refractivity (Wildman–Crippen MR) is 82.0 cm³/mol. The summed E-state index contributed by atoms with van der Waals surface area (Å²) in [6.45, 7) is -3.13. The smallest absolute Gasteiger partial charge is 0.449 e. The second-order valence-electron chi connectivity index (χ2n) is 4.91. The Labute approximate surface area is 144 Å². The molecule has 7 nitrogen and oxygen atoms in total. The first-order valence-corrected chi connectivity index (χ1v) is 7.09. The van der Waals surface area contributed by atoms with Crippen LogP contribution in [-0.2, 0) is 0 Å². The van der Waals surface area contributed by atoms with Crippen LogP contribution in [0.25, 0.3) is 16.9 Å². The van der Waals surface area contributed by atoms with Crippen molar-refractivity contribution in [3.05, 3.63) is 54.6 Å². The number of hydrogen-bond donors (Lipinski definition) is 1. The van der Waals surface area contributed by atoms with Crippen LogP contribution >= 0.6 is 0 Å². The van der Waals surface area contributed by atoms with Crippen LogP contribution in [0.3, 0.4) is 0 Å². The molecule has 0 bridgehead atoms. The first kappa shape index (κ1) is 17.3. The molecule has 134 valence electrons. The number of carboxylic acid groups (broad SMARTS) is 1. The number of nitrogens with zero attached hydrogens (tertiary/aromatic N) is 3. The molecule has 0 atom stereocenters. The van der Waals surface area contributed by atoms with E-state index < -0.39 is 24.3 Å². The minimum Gasteiger partial charge on any atom is -0.449 e. The van der Waals surface area contributed by atoms with E-state index in [9.17, 15) is 18.0 Å². The molecule has 1 N–H and O–H groups in total. The molecule has 0 spiro atoms. The summed E-state index contributed by atoms with van der Waals surface area (Å²) in [7, 11) is 0. The van der Waals surface area contributed by atoms with Crippen LogP contribution in [-0.4, -0.2) is 32.6 Å². The molecule has 0 saturated carbocycles. The zero-order valence-corrected chi connectivity index (χ0v) is 12.8. The first-order chi connectivity index (χ1) is 12.4. The van der Waals surface area contributed by atoms with Crippen molar-refractivity contribution in [3.8, 4) is 28.6 Å². The minimum absolute atomic E-state index is 0.122. The average molecular weight is 365 g/mol. The van der Waals surface area contributed by atoms with Gasteiger partial charge in [0.25, 0.3) is 0 Å². The van der Waals surface area contributed by atoms with Gasteiger partial charge in [0.15, 0.2) is 0 Å². The molecular formula is C16H10F3N3O4. The van der Waals surface area contributed by atoms with E-state index in [1.54, 1.807) is 12.1 Å². The van der Waals surface area contributed by atoms with E-state index >= 15 is 0 Å². The molecule has 3 rings (SSSR count). The van der Waals surface area contributed by atoms with Crippen LogP contribution in [0.1, 0.15) is 0 Å². The Kier molecular flexibility index (Phi) is 4.74. The monoisotopic (exact) mass is 365 g/mol. The Hall–Kier alpha value is -3.56. The number of hydrogen-bond acceptors (Lipinski definition) is 5. The van der Waals surface area contributed by atoms with Gasteiger partial charge in [0.1, 0.15) is 11.6 Å². The van der Waals surface area contributed by atoms with E-state index in [2.05, 4.69) is 19.6 Å². The number of rotatable bonds is 5. The summed E-state index contributed by atoms with van der Waals surface area (Å²) in [4.78, 5) is 14.7. The largest absolute Gasteiger partial charge is 0.512 e. The van der Waals surface area contributed by atoms with Crippen LogP contribution in [0.5, 0.6) is 11.6 Å². The van der Waals surface area contributed by atoms with Gasteiger partial charge >= 0.3 is 12.8 Å². The number of aromatic nitrogens is 3. The van der Waals surface area contributed by atoms with E-state index in [0.717, 1.165) is 12.1 Å². The highest BCUT2D eigenvalue weighted by molar-refractivity contribution is 5.67. The molecule has 0 aliphatic carbocycles. The molecular weight excluding hydrogens is 355 g/mol. The molecule has 0 aliphatic rings. The SMILES string of the molecule is O=C(O)Oc1cc(-c2cc(F)cc(OC(F)F)c2)n(-c2cccnc2)n1. The Bertz CT molecular complexity index is 932. The topological polar surface area (TPSA) is 86.5 Å². The normalized spacial score (nSPS) is 10.8. The van der Waals surface area contributed by atoms with Crippen molar-refractivity contribution < 1.29 is 32.5 Å². The number of carbonyl (C=O) groups is 1. The molecule has 3 aromatic rings. The fourth-order valence-corrected chi connectivity index (χ4v) is 2.26. The van der Waals surface area contributed by atoms with Gasteiger partial charge in [0, 0.05) is 23.9 Å². The lowest BCUT2D eigenvalue weighted by Gasteiger charge is -2.09. The van der Waals surface area contributed by atoms with Crippen molar-refractivity contribution in [2.24, 2.45) is 0 Å². The zero-order chi connectivity index (χ0) is 18.7. The van der Waals surface area contributed by atoms with Crippen molar-refractivity contribution in [2.45, 2.75) is 6.61 Å². The molecule has 0 aliphatic heterocycles. The fraction of sp³-hybridized carbons (Fsp3) is 0.0625.